The zero-order valence-corrected chi connectivity index (χ0v) is 18.6. The van der Waals surface area contributed by atoms with Crippen LogP contribution >= 0.6 is 0 Å². The number of pyridine rings is 1. The molecule has 1 amide bonds. The van der Waals surface area contributed by atoms with Crippen molar-refractivity contribution in [2.45, 2.75) is 32.8 Å². The highest BCUT2D eigenvalue weighted by atomic mass is 16.6. The molecule has 0 aliphatic carbocycles. The van der Waals surface area contributed by atoms with E-state index in [0.717, 1.165) is 22.2 Å². The number of aromatic nitrogens is 1. The Morgan fingerprint density at radius 1 is 1.26 bits per heavy atom. The third-order valence-corrected chi connectivity index (χ3v) is 5.39. The zero-order valence-electron chi connectivity index (χ0n) is 18.6. The average molecular weight is 423 g/mol. The fraction of sp³-hybridized carbons (Fsp3) is 0.400. The first-order chi connectivity index (χ1) is 14.7. The van der Waals surface area contributed by atoms with Crippen LogP contribution in [0, 0.1) is 11.8 Å². The van der Waals surface area contributed by atoms with Gasteiger partial charge >= 0.3 is 6.09 Å². The van der Waals surface area contributed by atoms with Gasteiger partial charge in [-0.25, -0.2) is 4.79 Å². The number of hydrogen-bond acceptors (Lipinski definition) is 5. The van der Waals surface area contributed by atoms with Crippen LogP contribution in [-0.4, -0.2) is 47.6 Å². The summed E-state index contributed by atoms with van der Waals surface area (Å²) in [4.78, 5) is 31.4. The SMILES string of the molecule is C=C[C@H]1CN(C(=O)OC(C)(C)C)CC[C@H]1C(=O)/C=C/c1ccnc2ccc(OC)cc12. The Labute approximate surface area is 183 Å². The summed E-state index contributed by atoms with van der Waals surface area (Å²) >= 11 is 0. The Morgan fingerprint density at radius 3 is 2.71 bits per heavy atom. The van der Waals surface area contributed by atoms with Crippen molar-refractivity contribution in [2.24, 2.45) is 11.8 Å². The van der Waals surface area contributed by atoms with Gasteiger partial charge < -0.3 is 14.4 Å². The predicted molar refractivity (Wildman–Crippen MR) is 122 cm³/mol. The number of benzene rings is 1. The molecule has 3 rings (SSSR count). The van der Waals surface area contributed by atoms with E-state index in [2.05, 4.69) is 11.6 Å². The van der Waals surface area contributed by atoms with Crippen molar-refractivity contribution >= 4 is 28.9 Å². The van der Waals surface area contributed by atoms with Gasteiger partial charge in [-0.2, -0.15) is 0 Å². The molecule has 31 heavy (non-hydrogen) atoms. The molecule has 1 aliphatic heterocycles. The van der Waals surface area contributed by atoms with Gasteiger partial charge in [0.05, 0.1) is 12.6 Å². The Morgan fingerprint density at radius 2 is 2.03 bits per heavy atom. The molecule has 1 aromatic heterocycles. The van der Waals surface area contributed by atoms with Crippen molar-refractivity contribution < 1.29 is 19.1 Å². The van der Waals surface area contributed by atoms with E-state index < -0.39 is 5.60 Å². The second-order valence-electron chi connectivity index (χ2n) is 8.74. The molecule has 2 aromatic rings. The van der Waals surface area contributed by atoms with Crippen LogP contribution in [0.25, 0.3) is 17.0 Å². The summed E-state index contributed by atoms with van der Waals surface area (Å²) in [6.45, 7) is 10.3. The summed E-state index contributed by atoms with van der Waals surface area (Å²) in [5.74, 6) is 0.437. The van der Waals surface area contributed by atoms with Crippen LogP contribution in [0.2, 0.25) is 0 Å². The van der Waals surface area contributed by atoms with Gasteiger partial charge in [-0.05, 0) is 63.1 Å². The first-order valence-electron chi connectivity index (χ1n) is 10.5. The number of hydrogen-bond donors (Lipinski definition) is 0. The van der Waals surface area contributed by atoms with E-state index >= 15 is 0 Å². The van der Waals surface area contributed by atoms with Crippen molar-refractivity contribution in [3.05, 3.63) is 54.8 Å². The molecule has 0 spiro atoms. The quantitative estimate of drug-likeness (QED) is 0.507. The molecule has 0 saturated carbocycles. The maximum Gasteiger partial charge on any atom is 0.410 e. The highest BCUT2D eigenvalue weighted by Crippen LogP contribution is 2.28. The first-order valence-corrected chi connectivity index (χ1v) is 10.5. The Bertz CT molecular complexity index is 1010. The van der Waals surface area contributed by atoms with E-state index in [9.17, 15) is 9.59 Å². The van der Waals surface area contributed by atoms with Gasteiger partial charge in [-0.15, -0.1) is 6.58 Å². The number of piperidine rings is 1. The lowest BCUT2D eigenvalue weighted by Gasteiger charge is -2.36. The number of ketones is 1. The summed E-state index contributed by atoms with van der Waals surface area (Å²) in [5, 5.41) is 0.922. The molecule has 0 N–H and O–H groups in total. The number of carbonyl (C=O) groups is 2. The highest BCUT2D eigenvalue weighted by molar-refractivity contribution is 5.98. The summed E-state index contributed by atoms with van der Waals surface area (Å²) in [6, 6.07) is 7.55. The maximum atomic E-state index is 13.0. The highest BCUT2D eigenvalue weighted by Gasteiger charge is 2.34. The second kappa shape index (κ2) is 9.33. The summed E-state index contributed by atoms with van der Waals surface area (Å²) in [5.41, 5.74) is 1.19. The normalized spacial score (nSPS) is 19.4. The van der Waals surface area contributed by atoms with E-state index in [1.807, 2.05) is 51.1 Å². The smallest absolute Gasteiger partial charge is 0.410 e. The Hall–Kier alpha value is -3.15. The third-order valence-electron chi connectivity index (χ3n) is 5.39. The molecule has 6 heteroatoms. The van der Waals surface area contributed by atoms with E-state index in [0.29, 0.717) is 19.5 Å². The number of amides is 1. The molecule has 2 atom stereocenters. The Kier molecular flexibility index (Phi) is 6.78. The fourth-order valence-electron chi connectivity index (χ4n) is 3.78. The molecular weight excluding hydrogens is 392 g/mol. The van der Waals surface area contributed by atoms with Crippen molar-refractivity contribution in [1.82, 2.24) is 9.88 Å². The molecule has 164 valence electrons. The van der Waals surface area contributed by atoms with Crippen LogP contribution < -0.4 is 4.74 Å². The van der Waals surface area contributed by atoms with Gasteiger partial charge in [0.15, 0.2) is 5.78 Å². The van der Waals surface area contributed by atoms with E-state index in [1.54, 1.807) is 30.4 Å². The Balaban J connectivity index is 1.73. The molecule has 1 aliphatic rings. The maximum absolute atomic E-state index is 13.0. The monoisotopic (exact) mass is 422 g/mol. The summed E-state index contributed by atoms with van der Waals surface area (Å²) in [7, 11) is 1.62. The van der Waals surface area contributed by atoms with Gasteiger partial charge in [0, 0.05) is 36.5 Å². The molecule has 1 aromatic carbocycles. The van der Waals surface area contributed by atoms with Crippen molar-refractivity contribution in [3.63, 3.8) is 0 Å². The van der Waals surface area contributed by atoms with Crippen LogP contribution in [0.15, 0.2) is 49.2 Å². The van der Waals surface area contributed by atoms with Crippen LogP contribution in [0.3, 0.4) is 0 Å². The molecule has 1 fully saturated rings. The van der Waals surface area contributed by atoms with Gasteiger partial charge in [0.2, 0.25) is 0 Å². The van der Waals surface area contributed by atoms with Crippen molar-refractivity contribution in [3.8, 4) is 5.75 Å². The van der Waals surface area contributed by atoms with E-state index in [1.165, 1.54) is 0 Å². The van der Waals surface area contributed by atoms with Crippen molar-refractivity contribution in [1.29, 1.82) is 0 Å². The zero-order chi connectivity index (χ0) is 22.6. The summed E-state index contributed by atoms with van der Waals surface area (Å²) in [6.07, 6.45) is 7.16. The van der Waals surface area contributed by atoms with Gasteiger partial charge in [-0.3, -0.25) is 9.78 Å². The topological polar surface area (TPSA) is 68.7 Å². The number of nitrogens with zero attached hydrogens (tertiary/aromatic N) is 2. The number of rotatable bonds is 5. The number of ether oxygens (including phenoxy) is 2. The second-order valence-corrected chi connectivity index (χ2v) is 8.74. The van der Waals surface area contributed by atoms with E-state index in [4.69, 9.17) is 9.47 Å². The molecule has 1 saturated heterocycles. The number of likely N-dealkylation sites (tertiary alicyclic amines) is 1. The minimum absolute atomic E-state index is 0.0293. The van der Waals surface area contributed by atoms with Crippen LogP contribution in [0.1, 0.15) is 32.8 Å². The average Bonchev–Trinajstić information content (AvgIpc) is 2.75. The lowest BCUT2D eigenvalue weighted by molar-refractivity contribution is -0.120. The number of fused-ring (bicyclic) bond motifs is 1. The largest absolute Gasteiger partial charge is 0.497 e. The lowest BCUT2D eigenvalue weighted by Crippen LogP contribution is -2.46. The number of allylic oxidation sites excluding steroid dienone is 1. The fourth-order valence-corrected chi connectivity index (χ4v) is 3.78. The van der Waals surface area contributed by atoms with Crippen LogP contribution in [0.4, 0.5) is 4.79 Å². The standard InChI is InChI=1S/C25H30N2O4/c1-6-17-16-27(24(29)31-25(2,3)4)14-12-20(17)23(28)10-7-18-11-13-26-22-9-8-19(30-5)15-21(18)22/h6-11,13,15,17,20H,1,12,14,16H2,2-5H3/b10-7+/t17-,20+/m0/s1. The number of carbonyl (C=O) groups excluding carboxylic acids is 2. The van der Waals surface area contributed by atoms with Gasteiger partial charge in [-0.1, -0.05) is 12.2 Å². The molecule has 6 nitrogen and oxygen atoms in total. The van der Waals surface area contributed by atoms with Crippen LogP contribution in [-0.2, 0) is 9.53 Å². The molecular formula is C25H30N2O4. The molecule has 0 radical (unpaired) electrons. The van der Waals surface area contributed by atoms with Gasteiger partial charge in [0.25, 0.3) is 0 Å². The molecule has 0 unspecified atom stereocenters. The number of methoxy groups -OCH3 is 1. The lowest BCUT2D eigenvalue weighted by atomic mass is 9.82. The predicted octanol–water partition coefficient (Wildman–Crippen LogP) is 4.88. The van der Waals surface area contributed by atoms with Crippen LogP contribution in [0.5, 0.6) is 5.75 Å². The molecule has 2 heterocycles. The third kappa shape index (κ3) is 5.51. The van der Waals surface area contributed by atoms with Crippen molar-refractivity contribution in [2.75, 3.05) is 20.2 Å². The minimum Gasteiger partial charge on any atom is -0.497 e. The minimum atomic E-state index is -0.549. The molecule has 0 bridgehead atoms. The van der Waals surface area contributed by atoms with Gasteiger partial charge in [0.1, 0.15) is 11.4 Å². The first kappa shape index (κ1) is 22.5. The van der Waals surface area contributed by atoms with E-state index in [-0.39, 0.29) is 23.7 Å². The summed E-state index contributed by atoms with van der Waals surface area (Å²) < 4.78 is 10.8.